The third kappa shape index (κ3) is 4.13. The van der Waals surface area contributed by atoms with Crippen LogP contribution in [0.5, 0.6) is 0 Å². The number of anilines is 2. The Morgan fingerprint density at radius 3 is 2.61 bits per heavy atom. The molecule has 33 heavy (non-hydrogen) atoms. The zero-order valence-corrected chi connectivity index (χ0v) is 20.0. The van der Waals surface area contributed by atoms with Crippen LogP contribution >= 0.6 is 23.2 Å². The summed E-state index contributed by atoms with van der Waals surface area (Å²) in [7, 11) is 1.47. The van der Waals surface area contributed by atoms with Crippen molar-refractivity contribution in [3.8, 4) is 5.69 Å². The molecule has 2 aromatic heterocycles. The van der Waals surface area contributed by atoms with Crippen LogP contribution in [0.15, 0.2) is 43.0 Å². The van der Waals surface area contributed by atoms with Crippen molar-refractivity contribution in [1.82, 2.24) is 24.4 Å². The highest BCUT2D eigenvalue weighted by Crippen LogP contribution is 2.47. The summed E-state index contributed by atoms with van der Waals surface area (Å²) in [5, 5.41) is 4.47. The van der Waals surface area contributed by atoms with E-state index in [2.05, 4.69) is 20.3 Å². The number of benzene rings is 1. The second-order valence-corrected chi connectivity index (χ2v) is 9.64. The minimum Gasteiger partial charge on any atom is -0.343 e. The molecule has 0 spiro atoms. The lowest BCUT2D eigenvalue weighted by Crippen LogP contribution is -2.38. The normalized spacial score (nSPS) is 21.9. The summed E-state index contributed by atoms with van der Waals surface area (Å²) in [5.41, 5.74) is 1.21. The molecule has 1 aliphatic heterocycles. The molecule has 1 aromatic carbocycles. The van der Waals surface area contributed by atoms with E-state index in [-0.39, 0.29) is 5.92 Å². The van der Waals surface area contributed by atoms with E-state index in [0.717, 1.165) is 29.1 Å². The molecule has 2 aliphatic rings. The summed E-state index contributed by atoms with van der Waals surface area (Å²) in [6, 6.07) is 5.82. The molecule has 5 rings (SSSR count). The first-order valence-corrected chi connectivity index (χ1v) is 11.5. The van der Waals surface area contributed by atoms with Gasteiger partial charge < -0.3 is 14.8 Å². The van der Waals surface area contributed by atoms with Gasteiger partial charge in [0.2, 0.25) is 5.95 Å². The molecule has 3 aromatic rings. The maximum Gasteiger partial charge on any atom is 0.325 e. The molecular weight excluding hydrogens is 461 g/mol. The highest BCUT2D eigenvalue weighted by atomic mass is 35.5. The molecule has 2 amide bonds. The average Bonchev–Trinajstić information content (AvgIpc) is 3.32. The molecule has 1 N–H and O–H groups in total. The topological polar surface area (TPSA) is 79.2 Å². The fourth-order valence-corrected chi connectivity index (χ4v) is 4.52. The van der Waals surface area contributed by atoms with E-state index in [0.29, 0.717) is 21.8 Å². The highest BCUT2D eigenvalue weighted by molar-refractivity contribution is 6.34. The largest absolute Gasteiger partial charge is 0.343 e. The molecule has 1 saturated heterocycles. The van der Waals surface area contributed by atoms with Crippen molar-refractivity contribution >= 4 is 41.0 Å². The number of aromatic nitrogens is 4. The van der Waals surface area contributed by atoms with Crippen molar-refractivity contribution < 1.29 is 7.54 Å². The van der Waals surface area contributed by atoms with Crippen LogP contribution in [0.1, 0.15) is 35.1 Å². The maximum absolute atomic E-state index is 13.0. The SMILES string of the molecule is [2H]C1([2H])C(C(C)C)N(c2ccnc(NC3(c4cn(-c5cc(Cl)cc(Cl)c5)cn4)CC3)n2)C(=O)N1C. The number of nitrogens with one attached hydrogen (secondary N) is 1. The molecule has 2 fully saturated rings. The molecule has 8 nitrogen and oxygen atoms in total. The Kier molecular flexibility index (Phi) is 4.86. The van der Waals surface area contributed by atoms with E-state index in [1.807, 2.05) is 36.7 Å². The summed E-state index contributed by atoms with van der Waals surface area (Å²) in [6.07, 6.45) is 6.90. The number of carbonyl (C=O) groups is 1. The minimum atomic E-state index is -1.82. The summed E-state index contributed by atoms with van der Waals surface area (Å²) in [6.45, 7) is 1.97. The predicted octanol–water partition coefficient (Wildman–Crippen LogP) is 4.97. The molecule has 1 unspecified atom stereocenters. The van der Waals surface area contributed by atoms with Gasteiger partial charge in [-0.1, -0.05) is 37.0 Å². The van der Waals surface area contributed by atoms with Gasteiger partial charge >= 0.3 is 6.03 Å². The smallest absolute Gasteiger partial charge is 0.325 e. The summed E-state index contributed by atoms with van der Waals surface area (Å²) in [5.74, 6) is 0.587. The number of halogens is 2. The Balaban J connectivity index is 1.42. The van der Waals surface area contributed by atoms with E-state index in [1.54, 1.807) is 24.7 Å². The van der Waals surface area contributed by atoms with Gasteiger partial charge in [0.25, 0.3) is 0 Å². The Labute approximate surface area is 205 Å². The van der Waals surface area contributed by atoms with Crippen molar-refractivity contribution in [1.29, 1.82) is 0 Å². The van der Waals surface area contributed by atoms with E-state index >= 15 is 0 Å². The second-order valence-electron chi connectivity index (χ2n) is 8.77. The first-order chi connectivity index (χ1) is 16.5. The third-order valence-electron chi connectivity index (χ3n) is 5.94. The van der Waals surface area contributed by atoms with E-state index in [9.17, 15) is 4.79 Å². The highest BCUT2D eigenvalue weighted by Gasteiger charge is 2.47. The lowest BCUT2D eigenvalue weighted by Gasteiger charge is -2.25. The van der Waals surface area contributed by atoms with E-state index < -0.39 is 24.1 Å². The average molecular weight is 488 g/mol. The molecule has 1 aliphatic carbocycles. The Morgan fingerprint density at radius 2 is 1.94 bits per heavy atom. The lowest BCUT2D eigenvalue weighted by atomic mass is 10.0. The van der Waals surface area contributed by atoms with Crippen LogP contribution in [0, 0.1) is 5.92 Å². The van der Waals surface area contributed by atoms with E-state index in [1.165, 1.54) is 11.9 Å². The Bertz CT molecular complexity index is 1270. The number of rotatable bonds is 6. The maximum atomic E-state index is 13.0. The molecule has 1 saturated carbocycles. The van der Waals surface area contributed by atoms with Gasteiger partial charge in [-0.05, 0) is 43.0 Å². The van der Waals surface area contributed by atoms with Crippen molar-refractivity contribution in [2.24, 2.45) is 5.92 Å². The van der Waals surface area contributed by atoms with Gasteiger partial charge in [0.1, 0.15) is 5.82 Å². The number of nitrogens with zero attached hydrogens (tertiary/aromatic N) is 6. The fraction of sp³-hybridized carbons (Fsp3) is 0.391. The van der Waals surface area contributed by atoms with Gasteiger partial charge in [0.05, 0.1) is 26.3 Å². The minimum absolute atomic E-state index is 0.121. The number of urea groups is 1. The molecular formula is C23H25Cl2N7O. The van der Waals surface area contributed by atoms with Crippen molar-refractivity contribution in [2.75, 3.05) is 23.8 Å². The van der Waals surface area contributed by atoms with Gasteiger partial charge in [0, 0.05) is 41.7 Å². The van der Waals surface area contributed by atoms with Crippen LogP contribution in [-0.2, 0) is 5.54 Å². The molecule has 0 radical (unpaired) electrons. The number of amides is 2. The Hall–Kier alpha value is -2.84. The predicted molar refractivity (Wildman–Crippen MR) is 129 cm³/mol. The number of hydrogen-bond acceptors (Lipinski definition) is 5. The third-order valence-corrected chi connectivity index (χ3v) is 6.37. The number of likely N-dealkylation sites (N-methyl/N-ethyl adjacent to an activating group) is 1. The Morgan fingerprint density at radius 1 is 1.21 bits per heavy atom. The monoisotopic (exact) mass is 487 g/mol. The summed E-state index contributed by atoms with van der Waals surface area (Å²) >= 11 is 12.3. The van der Waals surface area contributed by atoms with Crippen LogP contribution in [0.3, 0.4) is 0 Å². The molecule has 1 atom stereocenters. The molecule has 3 heterocycles. The quantitative estimate of drug-likeness (QED) is 0.530. The van der Waals surface area contributed by atoms with Gasteiger partial charge in [-0.15, -0.1) is 0 Å². The van der Waals surface area contributed by atoms with Gasteiger partial charge in [-0.2, -0.15) is 4.98 Å². The van der Waals surface area contributed by atoms with Crippen molar-refractivity contribution in [3.05, 3.63) is 58.7 Å². The van der Waals surface area contributed by atoms with Crippen LogP contribution in [0.2, 0.25) is 10.0 Å². The van der Waals surface area contributed by atoms with Gasteiger partial charge in [-0.3, -0.25) is 4.90 Å². The van der Waals surface area contributed by atoms with Gasteiger partial charge in [-0.25, -0.2) is 14.8 Å². The summed E-state index contributed by atoms with van der Waals surface area (Å²) in [4.78, 5) is 29.1. The lowest BCUT2D eigenvalue weighted by molar-refractivity contribution is 0.229. The first-order valence-electron chi connectivity index (χ1n) is 11.7. The number of carbonyl (C=O) groups excluding carboxylic acids is 1. The molecule has 0 bridgehead atoms. The van der Waals surface area contributed by atoms with Gasteiger partial charge in [0.15, 0.2) is 0 Å². The van der Waals surface area contributed by atoms with Crippen LogP contribution in [0.4, 0.5) is 16.6 Å². The standard InChI is InChI=1S/C23H25Cl2N7O/c1-14(2)18-11-30(3)22(33)32(18)20-4-7-26-21(28-20)29-23(5-6-23)19-12-31(13-27-19)17-9-15(24)8-16(25)10-17/h4,7-10,12-14,18H,5-6,11H2,1-3H3,(H,26,28,29)/i11D2. The molecule has 10 heteroatoms. The molecule has 172 valence electrons. The number of imidazole rings is 1. The zero-order chi connectivity index (χ0) is 25.1. The fourth-order valence-electron chi connectivity index (χ4n) is 4.01. The van der Waals surface area contributed by atoms with Crippen LogP contribution in [0.25, 0.3) is 5.69 Å². The van der Waals surface area contributed by atoms with Crippen molar-refractivity contribution in [2.45, 2.75) is 38.3 Å². The zero-order valence-electron chi connectivity index (χ0n) is 20.5. The number of hydrogen-bond donors (Lipinski definition) is 1. The van der Waals surface area contributed by atoms with Crippen LogP contribution in [-0.4, -0.2) is 50.0 Å². The van der Waals surface area contributed by atoms with Crippen LogP contribution < -0.4 is 10.2 Å². The van der Waals surface area contributed by atoms with E-state index in [4.69, 9.17) is 25.9 Å². The van der Waals surface area contributed by atoms with Crippen molar-refractivity contribution in [3.63, 3.8) is 0 Å². The first kappa shape index (κ1) is 19.6. The summed E-state index contributed by atoms with van der Waals surface area (Å²) < 4.78 is 18.8. The second kappa shape index (κ2) is 8.18.